The number of ether oxygens (including phenoxy) is 1. The van der Waals surface area contributed by atoms with Crippen LogP contribution in [0.5, 0.6) is 5.75 Å². The lowest BCUT2D eigenvalue weighted by molar-refractivity contribution is 0.272. The summed E-state index contributed by atoms with van der Waals surface area (Å²) in [6, 6.07) is 3.04. The zero-order valence-corrected chi connectivity index (χ0v) is 8.81. The molecule has 2 nitrogen and oxygen atoms in total. The quantitative estimate of drug-likeness (QED) is 0.845. The van der Waals surface area contributed by atoms with Crippen LogP contribution in [0.2, 0.25) is 5.02 Å². The van der Waals surface area contributed by atoms with E-state index in [1.165, 1.54) is 13.2 Å². The van der Waals surface area contributed by atoms with Gasteiger partial charge in [-0.25, -0.2) is 4.39 Å². The van der Waals surface area contributed by atoms with E-state index in [-0.39, 0.29) is 23.3 Å². The number of methoxy groups -OCH3 is 1. The Bertz CT molecular complexity index is 328. The highest BCUT2D eigenvalue weighted by Gasteiger charge is 2.12. The summed E-state index contributed by atoms with van der Waals surface area (Å²) in [4.78, 5) is 0. The first-order valence-electron chi connectivity index (χ1n) is 4.24. The van der Waals surface area contributed by atoms with E-state index in [0.717, 1.165) is 5.56 Å². The topological polar surface area (TPSA) is 29.5 Å². The highest BCUT2D eigenvalue weighted by atomic mass is 35.5. The van der Waals surface area contributed by atoms with Crippen LogP contribution in [-0.2, 0) is 0 Å². The normalized spacial score (nSPS) is 12.6. The van der Waals surface area contributed by atoms with Gasteiger partial charge in [0.1, 0.15) is 0 Å². The molecule has 14 heavy (non-hydrogen) atoms. The summed E-state index contributed by atoms with van der Waals surface area (Å²) < 4.78 is 18.0. The molecule has 1 aromatic rings. The molecule has 0 saturated heterocycles. The van der Waals surface area contributed by atoms with E-state index in [9.17, 15) is 4.39 Å². The van der Waals surface area contributed by atoms with Gasteiger partial charge >= 0.3 is 0 Å². The fourth-order valence-electron chi connectivity index (χ4n) is 1.12. The van der Waals surface area contributed by atoms with Crippen LogP contribution in [0.1, 0.15) is 18.4 Å². The molecule has 0 aliphatic carbocycles. The van der Waals surface area contributed by atoms with Crippen molar-refractivity contribution < 1.29 is 14.2 Å². The summed E-state index contributed by atoms with van der Waals surface area (Å²) in [5.41, 5.74) is 0.760. The lowest BCUT2D eigenvalue weighted by Gasteiger charge is -2.11. The molecule has 0 fully saturated rings. The van der Waals surface area contributed by atoms with Gasteiger partial charge in [-0.2, -0.15) is 0 Å². The molecule has 0 aliphatic heterocycles. The molecular weight excluding hydrogens is 207 g/mol. The van der Waals surface area contributed by atoms with Crippen molar-refractivity contribution in [2.45, 2.75) is 12.8 Å². The summed E-state index contributed by atoms with van der Waals surface area (Å²) in [6.07, 6.45) is 0. The summed E-state index contributed by atoms with van der Waals surface area (Å²) in [5.74, 6) is -0.544. The lowest BCUT2D eigenvalue weighted by Crippen LogP contribution is -2.00. The van der Waals surface area contributed by atoms with Gasteiger partial charge in [-0.1, -0.05) is 18.5 Å². The molecule has 1 unspecified atom stereocenters. The molecule has 1 rings (SSSR count). The Morgan fingerprint density at radius 1 is 1.57 bits per heavy atom. The Morgan fingerprint density at radius 3 is 2.71 bits per heavy atom. The highest BCUT2D eigenvalue weighted by Crippen LogP contribution is 2.29. The monoisotopic (exact) mass is 218 g/mol. The van der Waals surface area contributed by atoms with Crippen LogP contribution in [-0.4, -0.2) is 18.8 Å². The van der Waals surface area contributed by atoms with Gasteiger partial charge in [-0.15, -0.1) is 0 Å². The summed E-state index contributed by atoms with van der Waals surface area (Å²) in [5, 5.41) is 8.95. The number of benzene rings is 1. The molecule has 0 aliphatic rings. The second-order valence-corrected chi connectivity index (χ2v) is 3.51. The van der Waals surface area contributed by atoms with Crippen molar-refractivity contribution in [3.63, 3.8) is 0 Å². The molecule has 0 heterocycles. The van der Waals surface area contributed by atoms with E-state index in [2.05, 4.69) is 0 Å². The van der Waals surface area contributed by atoms with Crippen molar-refractivity contribution in [1.82, 2.24) is 0 Å². The molecule has 78 valence electrons. The van der Waals surface area contributed by atoms with E-state index >= 15 is 0 Å². The predicted octanol–water partition coefficient (Wildman–Crippen LogP) is 2.58. The summed E-state index contributed by atoms with van der Waals surface area (Å²) in [7, 11) is 1.38. The number of rotatable bonds is 3. The molecule has 0 aromatic heterocycles. The fourth-order valence-corrected chi connectivity index (χ4v) is 1.34. The van der Waals surface area contributed by atoms with Crippen LogP contribution in [0.4, 0.5) is 4.39 Å². The minimum absolute atomic E-state index is 0.00881. The van der Waals surface area contributed by atoms with Crippen molar-refractivity contribution in [3.05, 3.63) is 28.5 Å². The van der Waals surface area contributed by atoms with Gasteiger partial charge < -0.3 is 9.84 Å². The number of hydrogen-bond acceptors (Lipinski definition) is 2. The Labute approximate surface area is 87.3 Å². The van der Waals surface area contributed by atoms with Gasteiger partial charge in [-0.3, -0.25) is 0 Å². The van der Waals surface area contributed by atoms with Gasteiger partial charge in [0, 0.05) is 12.5 Å². The Kier molecular flexibility index (Phi) is 3.72. The smallest absolute Gasteiger partial charge is 0.183 e. The molecule has 0 amide bonds. The van der Waals surface area contributed by atoms with Crippen molar-refractivity contribution >= 4 is 11.6 Å². The zero-order valence-electron chi connectivity index (χ0n) is 8.05. The fraction of sp³-hybridized carbons (Fsp3) is 0.400. The third kappa shape index (κ3) is 2.16. The van der Waals surface area contributed by atoms with E-state index < -0.39 is 5.82 Å². The van der Waals surface area contributed by atoms with Crippen molar-refractivity contribution in [1.29, 1.82) is 0 Å². The second-order valence-electron chi connectivity index (χ2n) is 3.10. The molecule has 0 bridgehead atoms. The molecule has 0 radical (unpaired) electrons. The molecule has 1 atom stereocenters. The van der Waals surface area contributed by atoms with Crippen LogP contribution < -0.4 is 4.74 Å². The first kappa shape index (κ1) is 11.3. The number of aliphatic hydroxyl groups is 1. The third-order valence-electron chi connectivity index (χ3n) is 2.08. The minimum Gasteiger partial charge on any atom is -0.494 e. The zero-order chi connectivity index (χ0) is 10.7. The highest BCUT2D eigenvalue weighted by molar-refractivity contribution is 6.31. The SMILES string of the molecule is COc1cc(C(C)CO)cc(Cl)c1F. The van der Waals surface area contributed by atoms with E-state index in [1.54, 1.807) is 6.07 Å². The van der Waals surface area contributed by atoms with E-state index in [4.69, 9.17) is 21.4 Å². The Morgan fingerprint density at radius 2 is 2.21 bits per heavy atom. The number of aliphatic hydroxyl groups excluding tert-OH is 1. The lowest BCUT2D eigenvalue weighted by atomic mass is 10.0. The van der Waals surface area contributed by atoms with Crippen LogP contribution in [0.15, 0.2) is 12.1 Å². The van der Waals surface area contributed by atoms with Crippen molar-refractivity contribution in [3.8, 4) is 5.75 Å². The van der Waals surface area contributed by atoms with E-state index in [1.807, 2.05) is 6.92 Å². The third-order valence-corrected chi connectivity index (χ3v) is 2.36. The molecule has 0 spiro atoms. The van der Waals surface area contributed by atoms with Crippen molar-refractivity contribution in [2.24, 2.45) is 0 Å². The maximum absolute atomic E-state index is 13.2. The van der Waals surface area contributed by atoms with Gasteiger partial charge in [0.2, 0.25) is 0 Å². The largest absolute Gasteiger partial charge is 0.494 e. The van der Waals surface area contributed by atoms with Gasteiger partial charge in [0.15, 0.2) is 11.6 Å². The van der Waals surface area contributed by atoms with Crippen LogP contribution in [0, 0.1) is 5.82 Å². The molecular formula is C10H12ClFO2. The molecule has 4 heteroatoms. The first-order valence-corrected chi connectivity index (χ1v) is 4.61. The number of hydrogen-bond donors (Lipinski definition) is 1. The predicted molar refractivity (Wildman–Crippen MR) is 53.5 cm³/mol. The maximum atomic E-state index is 13.2. The average Bonchev–Trinajstić information content (AvgIpc) is 2.20. The summed E-state index contributed by atoms with van der Waals surface area (Å²) >= 11 is 5.66. The van der Waals surface area contributed by atoms with Gasteiger partial charge in [0.25, 0.3) is 0 Å². The van der Waals surface area contributed by atoms with Gasteiger partial charge in [0.05, 0.1) is 12.1 Å². The molecule has 0 saturated carbocycles. The second kappa shape index (κ2) is 4.62. The summed E-state index contributed by atoms with van der Waals surface area (Å²) in [6.45, 7) is 1.81. The average molecular weight is 219 g/mol. The molecule has 1 N–H and O–H groups in total. The van der Waals surface area contributed by atoms with E-state index in [0.29, 0.717) is 0 Å². The maximum Gasteiger partial charge on any atom is 0.183 e. The van der Waals surface area contributed by atoms with Crippen molar-refractivity contribution in [2.75, 3.05) is 13.7 Å². The standard InChI is InChI=1S/C10H12ClFO2/c1-6(5-13)7-3-8(11)10(12)9(4-7)14-2/h3-4,6,13H,5H2,1-2H3. The van der Waals surface area contributed by atoms with Gasteiger partial charge in [-0.05, 0) is 17.7 Å². The Balaban J connectivity index is 3.16. The molecule has 1 aromatic carbocycles. The van der Waals surface area contributed by atoms with Crippen LogP contribution in [0.3, 0.4) is 0 Å². The first-order chi connectivity index (χ1) is 6.60. The van der Waals surface area contributed by atoms with Crippen LogP contribution in [0.25, 0.3) is 0 Å². The minimum atomic E-state index is -0.567. The van der Waals surface area contributed by atoms with Crippen LogP contribution >= 0.6 is 11.6 Å². The number of halogens is 2. The Hall–Kier alpha value is -0.800.